The second kappa shape index (κ2) is 9.65. The van der Waals surface area contributed by atoms with E-state index in [9.17, 15) is 9.59 Å². The fourth-order valence-corrected chi connectivity index (χ4v) is 5.82. The molecule has 0 radical (unpaired) electrons. The minimum Gasteiger partial charge on any atom is -0.355 e. The number of carbonyl (C=O) groups is 2. The Bertz CT molecular complexity index is 989. The van der Waals surface area contributed by atoms with Crippen molar-refractivity contribution in [3.8, 4) is 0 Å². The molecule has 2 amide bonds. The zero-order chi connectivity index (χ0) is 22.7. The van der Waals surface area contributed by atoms with Crippen molar-refractivity contribution < 1.29 is 9.59 Å². The van der Waals surface area contributed by atoms with Crippen molar-refractivity contribution in [2.75, 3.05) is 32.7 Å². The summed E-state index contributed by atoms with van der Waals surface area (Å²) in [4.78, 5) is 29.1. The van der Waals surface area contributed by atoms with Gasteiger partial charge in [0.2, 0.25) is 5.91 Å². The lowest BCUT2D eigenvalue weighted by Crippen LogP contribution is -2.57. The van der Waals surface area contributed by atoms with E-state index >= 15 is 0 Å². The van der Waals surface area contributed by atoms with Gasteiger partial charge in [-0.15, -0.1) is 0 Å². The number of hydrogen-bond donors (Lipinski definition) is 3. The highest BCUT2D eigenvalue weighted by molar-refractivity contribution is 5.97. The number of hydrogen-bond acceptors (Lipinski definition) is 4. The van der Waals surface area contributed by atoms with Gasteiger partial charge in [0.1, 0.15) is 0 Å². The highest BCUT2D eigenvalue weighted by Gasteiger charge is 2.51. The summed E-state index contributed by atoms with van der Waals surface area (Å²) in [7, 11) is 0. The van der Waals surface area contributed by atoms with Crippen molar-refractivity contribution in [2.24, 2.45) is 11.8 Å². The number of carbonyl (C=O) groups excluding carboxylic acids is 2. The Kier molecular flexibility index (Phi) is 6.47. The van der Waals surface area contributed by atoms with E-state index in [0.29, 0.717) is 25.6 Å². The zero-order valence-corrected chi connectivity index (χ0v) is 19.2. The zero-order valence-electron chi connectivity index (χ0n) is 19.2. The number of nitrogens with zero attached hydrogens (tertiary/aromatic N) is 1. The number of rotatable bonds is 5. The van der Waals surface area contributed by atoms with Crippen LogP contribution in [0.1, 0.15) is 40.7 Å². The van der Waals surface area contributed by atoms with Gasteiger partial charge in [-0.2, -0.15) is 0 Å². The van der Waals surface area contributed by atoms with Gasteiger partial charge in [-0.1, -0.05) is 48.5 Å². The Morgan fingerprint density at radius 2 is 1.94 bits per heavy atom. The summed E-state index contributed by atoms with van der Waals surface area (Å²) in [6, 6.07) is 18.2. The molecule has 0 aliphatic carbocycles. The summed E-state index contributed by atoms with van der Waals surface area (Å²) in [5, 5.41) is 10.0. The van der Waals surface area contributed by atoms with Crippen LogP contribution >= 0.6 is 0 Å². The molecule has 3 atom stereocenters. The second-order valence-corrected chi connectivity index (χ2v) is 9.93. The average Bonchev–Trinajstić information content (AvgIpc) is 3.12. The van der Waals surface area contributed by atoms with Crippen molar-refractivity contribution >= 4 is 11.8 Å². The van der Waals surface area contributed by atoms with E-state index < -0.39 is 5.54 Å². The van der Waals surface area contributed by atoms with Crippen molar-refractivity contribution in [1.82, 2.24) is 20.9 Å². The van der Waals surface area contributed by atoms with Crippen LogP contribution < -0.4 is 16.0 Å². The standard InChI is InChI=1S/C27H34N4O2/c32-25-23-11-5-4-10-22(23)12-13-27(30-25)19-31(17-20-7-2-1-3-8-20)18-24(27)26(33)29-16-21-9-6-14-28-15-21/h1-5,7-8,10-11,21,24,28H,6,9,12-19H2,(H,29,33)(H,30,32)/t21-,24+,27-/m1/s1. The summed E-state index contributed by atoms with van der Waals surface area (Å²) in [6.07, 6.45) is 3.87. The Hall–Kier alpha value is -2.70. The molecule has 3 aliphatic heterocycles. The molecule has 1 spiro atoms. The molecule has 2 saturated heterocycles. The lowest BCUT2D eigenvalue weighted by molar-refractivity contribution is -0.126. The van der Waals surface area contributed by atoms with Gasteiger partial charge < -0.3 is 16.0 Å². The van der Waals surface area contributed by atoms with Crippen LogP contribution in [0.3, 0.4) is 0 Å². The van der Waals surface area contributed by atoms with Crippen LogP contribution in [0, 0.1) is 11.8 Å². The van der Waals surface area contributed by atoms with E-state index in [4.69, 9.17) is 0 Å². The molecular formula is C27H34N4O2. The lowest BCUT2D eigenvalue weighted by Gasteiger charge is -2.34. The first-order chi connectivity index (χ1) is 16.1. The van der Waals surface area contributed by atoms with Gasteiger partial charge in [-0.25, -0.2) is 0 Å². The fraction of sp³-hybridized carbons (Fsp3) is 0.481. The van der Waals surface area contributed by atoms with Crippen molar-refractivity contribution in [3.05, 3.63) is 71.3 Å². The van der Waals surface area contributed by atoms with Crippen molar-refractivity contribution in [3.63, 3.8) is 0 Å². The van der Waals surface area contributed by atoms with Crippen molar-refractivity contribution in [1.29, 1.82) is 0 Å². The number of amides is 2. The first-order valence-corrected chi connectivity index (χ1v) is 12.3. The maximum atomic E-state index is 13.5. The summed E-state index contributed by atoms with van der Waals surface area (Å²) < 4.78 is 0. The van der Waals surface area contributed by atoms with E-state index in [2.05, 4.69) is 33.0 Å². The first kappa shape index (κ1) is 22.1. The predicted molar refractivity (Wildman–Crippen MR) is 129 cm³/mol. The Morgan fingerprint density at radius 1 is 1.12 bits per heavy atom. The predicted octanol–water partition coefficient (Wildman–Crippen LogP) is 2.35. The van der Waals surface area contributed by atoms with E-state index in [0.717, 1.165) is 56.4 Å². The van der Waals surface area contributed by atoms with E-state index in [1.54, 1.807) is 0 Å². The van der Waals surface area contributed by atoms with Crippen LogP contribution in [0.4, 0.5) is 0 Å². The maximum Gasteiger partial charge on any atom is 0.252 e. The van der Waals surface area contributed by atoms with Crippen LogP contribution in [0.15, 0.2) is 54.6 Å². The number of benzene rings is 2. The SMILES string of the molecule is O=C1N[C@]2(CCc3ccccc31)CN(Cc1ccccc1)C[C@H]2C(=O)NC[C@@H]1CCCNC1. The molecule has 33 heavy (non-hydrogen) atoms. The largest absolute Gasteiger partial charge is 0.355 e. The molecule has 0 unspecified atom stereocenters. The summed E-state index contributed by atoms with van der Waals surface area (Å²) >= 11 is 0. The monoisotopic (exact) mass is 446 g/mol. The number of aryl methyl sites for hydroxylation is 1. The molecule has 2 fully saturated rings. The highest BCUT2D eigenvalue weighted by Crippen LogP contribution is 2.36. The molecule has 0 bridgehead atoms. The van der Waals surface area contributed by atoms with E-state index in [1.165, 1.54) is 5.56 Å². The Labute approximate surface area is 196 Å². The van der Waals surface area contributed by atoms with Gasteiger partial charge in [-0.3, -0.25) is 14.5 Å². The van der Waals surface area contributed by atoms with Gasteiger partial charge in [-0.05, 0) is 61.9 Å². The van der Waals surface area contributed by atoms with E-state index in [1.807, 2.05) is 42.5 Å². The third-order valence-electron chi connectivity index (χ3n) is 7.61. The van der Waals surface area contributed by atoms with Crippen LogP contribution in [-0.2, 0) is 17.8 Å². The minimum atomic E-state index is -0.556. The quantitative estimate of drug-likeness (QED) is 0.659. The molecule has 3 N–H and O–H groups in total. The molecule has 5 rings (SSSR count). The Balaban J connectivity index is 1.36. The third-order valence-corrected chi connectivity index (χ3v) is 7.61. The molecule has 6 nitrogen and oxygen atoms in total. The Morgan fingerprint density at radius 3 is 2.76 bits per heavy atom. The smallest absolute Gasteiger partial charge is 0.252 e. The third kappa shape index (κ3) is 4.82. The van der Waals surface area contributed by atoms with Crippen molar-refractivity contribution in [2.45, 2.75) is 37.8 Å². The van der Waals surface area contributed by atoms with Crippen LogP contribution in [0.2, 0.25) is 0 Å². The summed E-state index contributed by atoms with van der Waals surface area (Å²) in [5.41, 5.74) is 2.48. The number of piperidine rings is 1. The molecule has 0 aromatic heterocycles. The van der Waals surface area contributed by atoms with Crippen LogP contribution in [0.25, 0.3) is 0 Å². The van der Waals surface area contributed by atoms with E-state index in [-0.39, 0.29) is 17.7 Å². The van der Waals surface area contributed by atoms with Crippen LogP contribution in [0.5, 0.6) is 0 Å². The second-order valence-electron chi connectivity index (χ2n) is 9.93. The minimum absolute atomic E-state index is 0.0565. The maximum absolute atomic E-state index is 13.5. The average molecular weight is 447 g/mol. The lowest BCUT2D eigenvalue weighted by atomic mass is 9.82. The highest BCUT2D eigenvalue weighted by atomic mass is 16.2. The van der Waals surface area contributed by atoms with Crippen LogP contribution in [-0.4, -0.2) is 55.0 Å². The number of nitrogens with one attached hydrogen (secondary N) is 3. The molecular weight excluding hydrogens is 412 g/mol. The van der Waals surface area contributed by atoms with Gasteiger partial charge in [0, 0.05) is 31.7 Å². The molecule has 0 saturated carbocycles. The molecule has 6 heteroatoms. The summed E-state index contributed by atoms with van der Waals surface area (Å²) in [6.45, 7) is 4.84. The molecule has 2 aromatic rings. The number of likely N-dealkylation sites (tertiary alicyclic amines) is 1. The normalized spacial score (nSPS) is 27.6. The fourth-order valence-electron chi connectivity index (χ4n) is 5.82. The number of fused-ring (bicyclic) bond motifs is 1. The molecule has 3 aliphatic rings. The first-order valence-electron chi connectivity index (χ1n) is 12.3. The van der Waals surface area contributed by atoms with Gasteiger partial charge in [0.15, 0.2) is 0 Å². The topological polar surface area (TPSA) is 73.5 Å². The summed E-state index contributed by atoms with van der Waals surface area (Å²) in [5.74, 6) is 0.228. The van der Waals surface area contributed by atoms with Gasteiger partial charge in [0.05, 0.1) is 11.5 Å². The van der Waals surface area contributed by atoms with Gasteiger partial charge >= 0.3 is 0 Å². The molecule has 3 heterocycles. The molecule has 2 aromatic carbocycles. The molecule has 174 valence electrons. The van der Waals surface area contributed by atoms with Gasteiger partial charge in [0.25, 0.3) is 5.91 Å².